The molecule has 5 heteroatoms. The number of benzene rings is 1. The van der Waals surface area contributed by atoms with Gasteiger partial charge in [0.05, 0.1) is 17.3 Å². The van der Waals surface area contributed by atoms with E-state index in [1.54, 1.807) is 20.1 Å². The second kappa shape index (κ2) is 8.86. The smallest absolute Gasteiger partial charge is 0.152 e. The molecule has 1 fully saturated rings. The zero-order chi connectivity index (χ0) is 21.2. The van der Waals surface area contributed by atoms with Crippen molar-refractivity contribution in [2.45, 2.75) is 58.6 Å². The third-order valence-electron chi connectivity index (χ3n) is 6.48. The van der Waals surface area contributed by atoms with Crippen LogP contribution in [0.15, 0.2) is 41.0 Å². The summed E-state index contributed by atoms with van der Waals surface area (Å²) in [5.74, 6) is 1.81. The van der Waals surface area contributed by atoms with Crippen LogP contribution in [0.4, 0.5) is 0 Å². The maximum atomic E-state index is 12.9. The zero-order valence-corrected chi connectivity index (χ0v) is 18.7. The lowest BCUT2D eigenvalue weighted by molar-refractivity contribution is -0.123. The lowest BCUT2D eigenvalue weighted by Crippen LogP contribution is -2.34. The van der Waals surface area contributed by atoms with Crippen LogP contribution in [0.5, 0.6) is 0 Å². The van der Waals surface area contributed by atoms with Crippen molar-refractivity contribution >= 4 is 15.6 Å². The number of sulfone groups is 1. The van der Waals surface area contributed by atoms with E-state index in [0.29, 0.717) is 6.42 Å². The first-order valence-electron chi connectivity index (χ1n) is 10.5. The molecule has 3 atom stereocenters. The van der Waals surface area contributed by atoms with Crippen LogP contribution in [0.2, 0.25) is 0 Å². The fourth-order valence-corrected chi connectivity index (χ4v) is 5.79. The van der Waals surface area contributed by atoms with Crippen LogP contribution in [0.3, 0.4) is 0 Å². The van der Waals surface area contributed by atoms with Crippen LogP contribution in [-0.2, 0) is 21.1 Å². The standard InChI is InChI=1S/C24H32O4S/c1-16(2)29(26,27)15-22-10-8-20(12-18(22)4)23(25)14-19-7-9-21(13-17(19)3)24-6-5-11-28-24/h5-7,9,11,13,16,18,20,22H,8,10,12,14-15H2,1-4H3/t18?,20-,22+/m1/s1. The maximum absolute atomic E-state index is 12.9. The molecule has 0 spiro atoms. The van der Waals surface area contributed by atoms with Crippen LogP contribution in [-0.4, -0.2) is 25.2 Å². The molecule has 1 aliphatic carbocycles. The first kappa shape index (κ1) is 21.8. The van der Waals surface area contributed by atoms with Gasteiger partial charge in [-0.25, -0.2) is 8.42 Å². The van der Waals surface area contributed by atoms with Crippen molar-refractivity contribution in [1.29, 1.82) is 0 Å². The van der Waals surface area contributed by atoms with Crippen molar-refractivity contribution in [2.24, 2.45) is 17.8 Å². The summed E-state index contributed by atoms with van der Waals surface area (Å²) >= 11 is 0. The molecule has 0 amide bonds. The van der Waals surface area contributed by atoms with Crippen molar-refractivity contribution in [3.05, 3.63) is 47.7 Å². The lowest BCUT2D eigenvalue weighted by Gasteiger charge is -2.33. The predicted octanol–water partition coefficient (Wildman–Crippen LogP) is 5.24. The SMILES string of the molecule is Cc1cc(-c2ccco2)ccc1CC(=O)[C@@H]1CC[C@@H](CS(=O)(=O)C(C)C)C(C)C1. The molecule has 0 N–H and O–H groups in total. The highest BCUT2D eigenvalue weighted by Crippen LogP contribution is 2.36. The number of hydrogen-bond donors (Lipinski definition) is 0. The van der Waals surface area contributed by atoms with Gasteiger partial charge in [-0.15, -0.1) is 0 Å². The van der Waals surface area contributed by atoms with Gasteiger partial charge in [0, 0.05) is 17.9 Å². The number of rotatable bonds is 7. The summed E-state index contributed by atoms with van der Waals surface area (Å²) in [4.78, 5) is 12.9. The summed E-state index contributed by atoms with van der Waals surface area (Å²) in [5, 5.41) is -0.332. The fraction of sp³-hybridized carbons (Fsp3) is 0.542. The highest BCUT2D eigenvalue weighted by atomic mass is 32.2. The minimum atomic E-state index is -3.04. The monoisotopic (exact) mass is 416 g/mol. The molecule has 0 aliphatic heterocycles. The Kier molecular flexibility index (Phi) is 6.67. The Hall–Kier alpha value is -1.88. The van der Waals surface area contributed by atoms with Crippen LogP contribution in [0.25, 0.3) is 11.3 Å². The number of hydrogen-bond acceptors (Lipinski definition) is 4. The van der Waals surface area contributed by atoms with Gasteiger partial charge < -0.3 is 4.42 Å². The molecule has 4 nitrogen and oxygen atoms in total. The summed E-state index contributed by atoms with van der Waals surface area (Å²) in [7, 11) is -3.04. The van der Waals surface area contributed by atoms with E-state index in [1.165, 1.54) is 0 Å². The molecular weight excluding hydrogens is 384 g/mol. The summed E-state index contributed by atoms with van der Waals surface area (Å²) in [6.07, 6.45) is 4.51. The predicted molar refractivity (Wildman–Crippen MR) is 117 cm³/mol. The molecule has 1 unspecified atom stereocenters. The highest BCUT2D eigenvalue weighted by molar-refractivity contribution is 7.91. The second-order valence-electron chi connectivity index (χ2n) is 8.89. The summed E-state index contributed by atoms with van der Waals surface area (Å²) in [6, 6.07) is 9.89. The van der Waals surface area contributed by atoms with E-state index >= 15 is 0 Å². The molecule has 0 bridgehead atoms. The Morgan fingerprint density at radius 3 is 2.55 bits per heavy atom. The van der Waals surface area contributed by atoms with Crippen LogP contribution >= 0.6 is 0 Å². The van der Waals surface area contributed by atoms with Crippen LogP contribution in [0.1, 0.15) is 51.2 Å². The fourth-order valence-electron chi connectivity index (χ4n) is 4.31. The van der Waals surface area contributed by atoms with Gasteiger partial charge in [0.1, 0.15) is 11.5 Å². The summed E-state index contributed by atoms with van der Waals surface area (Å²) in [5.41, 5.74) is 3.17. The van der Waals surface area contributed by atoms with Gasteiger partial charge in [-0.1, -0.05) is 19.1 Å². The number of carbonyl (C=O) groups excluding carboxylic acids is 1. The van der Waals surface area contributed by atoms with E-state index in [0.717, 1.165) is 41.7 Å². The molecule has 1 aromatic carbocycles. The first-order valence-corrected chi connectivity index (χ1v) is 12.3. The molecule has 29 heavy (non-hydrogen) atoms. The van der Waals surface area contributed by atoms with Crippen molar-refractivity contribution in [3.8, 4) is 11.3 Å². The van der Waals surface area contributed by atoms with Crippen LogP contribution < -0.4 is 0 Å². The highest BCUT2D eigenvalue weighted by Gasteiger charge is 2.34. The third kappa shape index (κ3) is 5.19. The molecule has 1 aromatic heterocycles. The summed E-state index contributed by atoms with van der Waals surface area (Å²) < 4.78 is 30.0. The van der Waals surface area contributed by atoms with Gasteiger partial charge in [-0.2, -0.15) is 0 Å². The van der Waals surface area contributed by atoms with Crippen LogP contribution in [0, 0.1) is 24.7 Å². The number of ketones is 1. The first-order chi connectivity index (χ1) is 13.7. The molecule has 1 saturated carbocycles. The molecule has 2 aromatic rings. The van der Waals surface area contributed by atoms with E-state index in [1.807, 2.05) is 31.2 Å². The summed E-state index contributed by atoms with van der Waals surface area (Å²) in [6.45, 7) is 7.62. The number of furan rings is 1. The topological polar surface area (TPSA) is 64.3 Å². The number of aryl methyl sites for hydroxylation is 1. The normalized spacial score (nSPS) is 22.7. The van der Waals surface area contributed by atoms with E-state index in [4.69, 9.17) is 4.42 Å². The van der Waals surface area contributed by atoms with Gasteiger partial charge in [0.15, 0.2) is 9.84 Å². The Balaban J connectivity index is 1.61. The lowest BCUT2D eigenvalue weighted by atomic mass is 9.73. The van der Waals surface area contributed by atoms with E-state index < -0.39 is 9.84 Å². The largest absolute Gasteiger partial charge is 0.464 e. The Morgan fingerprint density at radius 2 is 1.97 bits per heavy atom. The third-order valence-corrected chi connectivity index (χ3v) is 8.81. The molecule has 3 rings (SSSR count). The van der Waals surface area contributed by atoms with Gasteiger partial charge >= 0.3 is 0 Å². The van der Waals surface area contributed by atoms with Gasteiger partial charge in [-0.05, 0) is 81.2 Å². The molecule has 1 heterocycles. The second-order valence-corrected chi connectivity index (χ2v) is 11.5. The Morgan fingerprint density at radius 1 is 1.21 bits per heavy atom. The maximum Gasteiger partial charge on any atom is 0.152 e. The van der Waals surface area contributed by atoms with Crippen molar-refractivity contribution in [3.63, 3.8) is 0 Å². The molecular formula is C24H32O4S. The van der Waals surface area contributed by atoms with E-state index in [2.05, 4.69) is 13.0 Å². The molecule has 0 saturated heterocycles. The van der Waals surface area contributed by atoms with Gasteiger partial charge in [0.2, 0.25) is 0 Å². The molecule has 0 radical (unpaired) electrons. The van der Waals surface area contributed by atoms with E-state index in [9.17, 15) is 13.2 Å². The van der Waals surface area contributed by atoms with Crippen molar-refractivity contribution in [1.82, 2.24) is 0 Å². The quantitative estimate of drug-likeness (QED) is 0.619. The average molecular weight is 417 g/mol. The van der Waals surface area contributed by atoms with Crippen molar-refractivity contribution in [2.75, 3.05) is 5.75 Å². The van der Waals surface area contributed by atoms with Crippen molar-refractivity contribution < 1.29 is 17.6 Å². The minimum Gasteiger partial charge on any atom is -0.464 e. The minimum absolute atomic E-state index is 0.0344. The van der Waals surface area contributed by atoms with Gasteiger partial charge in [-0.3, -0.25) is 4.79 Å². The number of carbonyl (C=O) groups is 1. The molecule has 1 aliphatic rings. The van der Waals surface area contributed by atoms with E-state index in [-0.39, 0.29) is 34.5 Å². The number of Topliss-reactive ketones (excluding diaryl/α,β-unsaturated/α-hetero) is 1. The Bertz CT molecular complexity index is 941. The molecule has 158 valence electrons. The zero-order valence-electron chi connectivity index (χ0n) is 17.9. The Labute approximate surface area is 174 Å². The average Bonchev–Trinajstić information content (AvgIpc) is 3.19. The van der Waals surface area contributed by atoms with Gasteiger partial charge in [0.25, 0.3) is 0 Å².